The smallest absolute Gasteiger partial charge is 0.153 e. The van der Waals surface area contributed by atoms with E-state index in [-0.39, 0.29) is 0 Å². The predicted molar refractivity (Wildman–Crippen MR) is 63.3 cm³/mol. The van der Waals surface area contributed by atoms with E-state index in [0.717, 1.165) is 31.9 Å². The molecule has 84 valence electrons. The molecule has 0 aliphatic carbocycles. The van der Waals surface area contributed by atoms with E-state index in [0.29, 0.717) is 10.8 Å². The van der Waals surface area contributed by atoms with Gasteiger partial charge in [0.1, 0.15) is 0 Å². The van der Waals surface area contributed by atoms with Crippen molar-refractivity contribution in [3.63, 3.8) is 0 Å². The van der Waals surface area contributed by atoms with Crippen LogP contribution >= 0.6 is 11.6 Å². The number of hydrogen-bond donors (Lipinski definition) is 2. The Hall–Kier alpha value is -1.00. The summed E-state index contributed by atoms with van der Waals surface area (Å²) in [6.07, 6.45) is 2.57. The quantitative estimate of drug-likeness (QED) is 0.580. The minimum atomic E-state index is 0.338. The summed E-state index contributed by atoms with van der Waals surface area (Å²) in [6.45, 7) is 4.30. The molecule has 15 heavy (non-hydrogen) atoms. The van der Waals surface area contributed by atoms with Crippen LogP contribution in [0.5, 0.6) is 0 Å². The number of nitrogens with one attached hydrogen (secondary N) is 1. The van der Waals surface area contributed by atoms with Crippen LogP contribution in [0.15, 0.2) is 12.3 Å². The lowest BCUT2D eigenvalue weighted by Crippen LogP contribution is -2.07. The minimum Gasteiger partial charge on any atom is -0.395 e. The first-order valence-electron chi connectivity index (χ1n) is 4.97. The van der Waals surface area contributed by atoms with Gasteiger partial charge in [-0.2, -0.15) is 0 Å². The van der Waals surface area contributed by atoms with Crippen LogP contribution in [0.1, 0.15) is 13.3 Å². The lowest BCUT2D eigenvalue weighted by atomic mass is 10.3. The standard InChI is InChI=1S/C10H16ClN3O/c1-2-15-7-3-5-13-8-4-6-14-10(11)9(8)12/h4,6H,2-3,5,7,12H2,1H3,(H,13,14). The summed E-state index contributed by atoms with van der Waals surface area (Å²) in [7, 11) is 0. The molecule has 0 saturated carbocycles. The fourth-order valence-corrected chi connectivity index (χ4v) is 1.30. The van der Waals surface area contributed by atoms with Crippen molar-refractivity contribution >= 4 is 23.0 Å². The number of nitrogens with zero attached hydrogens (tertiary/aromatic N) is 1. The van der Waals surface area contributed by atoms with Crippen molar-refractivity contribution in [2.75, 3.05) is 30.8 Å². The molecule has 0 fully saturated rings. The first-order valence-corrected chi connectivity index (χ1v) is 5.35. The van der Waals surface area contributed by atoms with Crippen LogP contribution in [0.2, 0.25) is 5.15 Å². The van der Waals surface area contributed by atoms with Gasteiger partial charge < -0.3 is 15.8 Å². The fraction of sp³-hybridized carbons (Fsp3) is 0.500. The van der Waals surface area contributed by atoms with E-state index in [1.807, 2.05) is 13.0 Å². The Labute approximate surface area is 94.8 Å². The summed E-state index contributed by atoms with van der Waals surface area (Å²) < 4.78 is 5.22. The Balaban J connectivity index is 2.34. The van der Waals surface area contributed by atoms with Gasteiger partial charge in [0, 0.05) is 26.0 Å². The molecular weight excluding hydrogens is 214 g/mol. The summed E-state index contributed by atoms with van der Waals surface area (Å²) in [6, 6.07) is 1.81. The Bertz CT molecular complexity index is 307. The van der Waals surface area contributed by atoms with E-state index in [9.17, 15) is 0 Å². The number of aromatic nitrogens is 1. The molecule has 4 nitrogen and oxygen atoms in total. The second-order valence-corrected chi connectivity index (χ2v) is 3.40. The molecule has 0 aliphatic heterocycles. The van der Waals surface area contributed by atoms with E-state index in [2.05, 4.69) is 10.3 Å². The second-order valence-electron chi connectivity index (χ2n) is 3.04. The van der Waals surface area contributed by atoms with Gasteiger partial charge in [0.2, 0.25) is 0 Å². The molecule has 3 N–H and O–H groups in total. The fourth-order valence-electron chi connectivity index (χ4n) is 1.14. The van der Waals surface area contributed by atoms with Crippen molar-refractivity contribution < 1.29 is 4.74 Å². The molecule has 1 aromatic heterocycles. The van der Waals surface area contributed by atoms with E-state index < -0.39 is 0 Å². The van der Waals surface area contributed by atoms with Crippen LogP contribution < -0.4 is 11.1 Å². The van der Waals surface area contributed by atoms with Gasteiger partial charge in [0.05, 0.1) is 11.4 Å². The van der Waals surface area contributed by atoms with Gasteiger partial charge in [-0.25, -0.2) is 4.98 Å². The normalized spacial score (nSPS) is 10.3. The summed E-state index contributed by atoms with van der Waals surface area (Å²) in [4.78, 5) is 3.87. The summed E-state index contributed by atoms with van der Waals surface area (Å²) in [5, 5.41) is 3.52. The molecule has 0 aliphatic rings. The molecule has 1 rings (SSSR count). The maximum absolute atomic E-state index is 5.78. The third-order valence-corrected chi connectivity index (χ3v) is 2.23. The lowest BCUT2D eigenvalue weighted by Gasteiger charge is -2.09. The van der Waals surface area contributed by atoms with Crippen molar-refractivity contribution in [2.24, 2.45) is 0 Å². The van der Waals surface area contributed by atoms with E-state index in [1.165, 1.54) is 0 Å². The molecule has 0 aromatic carbocycles. The first kappa shape index (κ1) is 12.1. The summed E-state index contributed by atoms with van der Waals surface area (Å²) in [5.41, 5.74) is 7.06. The van der Waals surface area contributed by atoms with E-state index in [4.69, 9.17) is 22.1 Å². The highest BCUT2D eigenvalue weighted by Gasteiger charge is 2.02. The number of nitrogen functional groups attached to an aromatic ring is 1. The highest BCUT2D eigenvalue weighted by atomic mass is 35.5. The zero-order valence-corrected chi connectivity index (χ0v) is 9.55. The number of rotatable bonds is 6. The van der Waals surface area contributed by atoms with Gasteiger partial charge in [-0.05, 0) is 19.4 Å². The monoisotopic (exact) mass is 229 g/mol. The summed E-state index contributed by atoms with van der Waals surface area (Å²) >= 11 is 5.78. The van der Waals surface area contributed by atoms with Gasteiger partial charge in [0.25, 0.3) is 0 Å². The van der Waals surface area contributed by atoms with Crippen LogP contribution in [0, 0.1) is 0 Å². The lowest BCUT2D eigenvalue weighted by molar-refractivity contribution is 0.147. The van der Waals surface area contributed by atoms with E-state index >= 15 is 0 Å². The average Bonchev–Trinajstić information content (AvgIpc) is 2.24. The number of anilines is 2. The third kappa shape index (κ3) is 3.93. The van der Waals surface area contributed by atoms with Crippen LogP contribution in [0.3, 0.4) is 0 Å². The second kappa shape index (κ2) is 6.48. The van der Waals surface area contributed by atoms with Crippen molar-refractivity contribution in [2.45, 2.75) is 13.3 Å². The molecule has 0 radical (unpaired) electrons. The zero-order valence-electron chi connectivity index (χ0n) is 8.79. The van der Waals surface area contributed by atoms with Gasteiger partial charge >= 0.3 is 0 Å². The molecule has 0 atom stereocenters. The maximum atomic E-state index is 5.78. The van der Waals surface area contributed by atoms with E-state index in [1.54, 1.807) is 6.20 Å². The Morgan fingerprint density at radius 3 is 3.13 bits per heavy atom. The third-order valence-electron chi connectivity index (χ3n) is 1.93. The van der Waals surface area contributed by atoms with Crippen LogP contribution in [-0.2, 0) is 4.74 Å². The SMILES string of the molecule is CCOCCCNc1ccnc(Cl)c1N. The average molecular weight is 230 g/mol. The molecule has 0 bridgehead atoms. The molecule has 1 heterocycles. The molecule has 1 aromatic rings. The minimum absolute atomic E-state index is 0.338. The molecule has 0 amide bonds. The number of halogens is 1. The van der Waals surface area contributed by atoms with Crippen LogP contribution in [0.4, 0.5) is 11.4 Å². The van der Waals surface area contributed by atoms with Crippen molar-refractivity contribution in [3.8, 4) is 0 Å². The Kier molecular flexibility index (Phi) is 5.21. The Morgan fingerprint density at radius 2 is 2.40 bits per heavy atom. The first-order chi connectivity index (χ1) is 7.25. The highest BCUT2D eigenvalue weighted by Crippen LogP contribution is 2.23. The van der Waals surface area contributed by atoms with Crippen molar-refractivity contribution in [1.82, 2.24) is 4.98 Å². The maximum Gasteiger partial charge on any atom is 0.153 e. The van der Waals surface area contributed by atoms with Gasteiger partial charge in [0.15, 0.2) is 5.15 Å². The molecule has 0 saturated heterocycles. The number of hydrogen-bond acceptors (Lipinski definition) is 4. The summed E-state index contributed by atoms with van der Waals surface area (Å²) in [5.74, 6) is 0. The van der Waals surface area contributed by atoms with Crippen LogP contribution in [0.25, 0.3) is 0 Å². The van der Waals surface area contributed by atoms with Crippen LogP contribution in [-0.4, -0.2) is 24.7 Å². The topological polar surface area (TPSA) is 60.2 Å². The zero-order chi connectivity index (χ0) is 11.1. The van der Waals surface area contributed by atoms with Gasteiger partial charge in [-0.3, -0.25) is 0 Å². The molecular formula is C10H16ClN3O. The molecule has 0 spiro atoms. The van der Waals surface area contributed by atoms with Crippen molar-refractivity contribution in [3.05, 3.63) is 17.4 Å². The number of nitrogens with two attached hydrogens (primary N) is 1. The number of ether oxygens (including phenoxy) is 1. The largest absolute Gasteiger partial charge is 0.395 e. The predicted octanol–water partition coefficient (Wildman–Crippen LogP) is 2.16. The van der Waals surface area contributed by atoms with Gasteiger partial charge in [-0.15, -0.1) is 0 Å². The van der Waals surface area contributed by atoms with Gasteiger partial charge in [-0.1, -0.05) is 11.6 Å². The van der Waals surface area contributed by atoms with Crippen molar-refractivity contribution in [1.29, 1.82) is 0 Å². The molecule has 0 unspecified atom stereocenters. The highest BCUT2D eigenvalue weighted by molar-refractivity contribution is 6.32. The number of pyridine rings is 1. The Morgan fingerprint density at radius 1 is 1.60 bits per heavy atom. The molecule has 5 heteroatoms.